The summed E-state index contributed by atoms with van der Waals surface area (Å²) < 4.78 is 54.1. The number of hydrogen-bond donors (Lipinski definition) is 2. The standard InChI is InChI=1S/C28H31FN4O5S/c1-16(2)15-37-20-13-18(12-19(29)14-20)23-10-8-22(28(31-23)38-24-11-9-21(24)17-6-7-17)27(34)33-39(35,36)26-5-3-4-25(30)32-26/h3-5,8,10,12-14,16-17,21,24H,6-7,9,11,15H2,1-2H3,(H2,30,32)(H,33,34). The molecule has 206 valence electrons. The summed E-state index contributed by atoms with van der Waals surface area (Å²) in [6, 6.07) is 11.4. The van der Waals surface area contributed by atoms with Crippen LogP contribution in [0.4, 0.5) is 10.2 Å². The Morgan fingerprint density at radius 3 is 2.56 bits per heavy atom. The predicted octanol–water partition coefficient (Wildman–Crippen LogP) is 4.59. The molecule has 0 aliphatic heterocycles. The minimum absolute atomic E-state index is 0.00306. The Bertz CT molecular complexity index is 1490. The number of aromatic nitrogens is 2. The molecule has 2 aliphatic rings. The molecule has 3 N–H and O–H groups in total. The number of carbonyl (C=O) groups excluding carboxylic acids is 1. The van der Waals surface area contributed by atoms with Gasteiger partial charge in [-0.2, -0.15) is 8.42 Å². The molecule has 2 heterocycles. The molecular weight excluding hydrogens is 523 g/mol. The first-order valence-electron chi connectivity index (χ1n) is 13.0. The number of nitrogens with zero attached hydrogens (tertiary/aromatic N) is 2. The molecule has 2 aliphatic carbocycles. The van der Waals surface area contributed by atoms with Gasteiger partial charge in [0, 0.05) is 11.6 Å². The fourth-order valence-electron chi connectivity index (χ4n) is 4.58. The van der Waals surface area contributed by atoms with Gasteiger partial charge in [-0.25, -0.2) is 19.1 Å². The average Bonchev–Trinajstić information content (AvgIpc) is 3.69. The summed E-state index contributed by atoms with van der Waals surface area (Å²) in [6.45, 7) is 4.41. The van der Waals surface area contributed by atoms with Gasteiger partial charge in [-0.3, -0.25) is 4.79 Å². The number of halogens is 1. The summed E-state index contributed by atoms with van der Waals surface area (Å²) in [6.07, 6.45) is 4.02. The second-order valence-corrected chi connectivity index (χ2v) is 12.1. The smallest absolute Gasteiger partial charge is 0.281 e. The lowest BCUT2D eigenvalue weighted by Gasteiger charge is -2.36. The second-order valence-electron chi connectivity index (χ2n) is 10.5. The molecule has 2 unspecified atom stereocenters. The Morgan fingerprint density at radius 2 is 1.90 bits per heavy atom. The number of pyridine rings is 2. The van der Waals surface area contributed by atoms with E-state index in [1.807, 2.05) is 18.6 Å². The maximum absolute atomic E-state index is 14.5. The zero-order valence-electron chi connectivity index (χ0n) is 21.8. The van der Waals surface area contributed by atoms with Gasteiger partial charge in [0.1, 0.15) is 29.1 Å². The van der Waals surface area contributed by atoms with Crippen LogP contribution in [0.15, 0.2) is 53.6 Å². The van der Waals surface area contributed by atoms with Crippen LogP contribution in [-0.2, 0) is 10.0 Å². The van der Waals surface area contributed by atoms with Crippen molar-refractivity contribution in [3.8, 4) is 22.9 Å². The van der Waals surface area contributed by atoms with E-state index in [1.165, 1.54) is 42.5 Å². The van der Waals surface area contributed by atoms with Gasteiger partial charge in [-0.15, -0.1) is 0 Å². The SMILES string of the molecule is CC(C)COc1cc(F)cc(-c2ccc(C(=O)NS(=O)(=O)c3cccc(N)n3)c(OC3CCC3C3CC3)n2)c1. The lowest BCUT2D eigenvalue weighted by molar-refractivity contribution is 0.0291. The number of nitrogen functional groups attached to an aromatic ring is 1. The van der Waals surface area contributed by atoms with Crippen LogP contribution in [0, 0.1) is 23.6 Å². The quantitative estimate of drug-likeness (QED) is 0.372. The number of anilines is 1. The minimum atomic E-state index is -4.31. The van der Waals surface area contributed by atoms with E-state index in [9.17, 15) is 17.6 Å². The summed E-state index contributed by atoms with van der Waals surface area (Å²) in [5.74, 6) is 0.168. The van der Waals surface area contributed by atoms with Gasteiger partial charge >= 0.3 is 0 Å². The first-order valence-corrected chi connectivity index (χ1v) is 14.5. The summed E-state index contributed by atoms with van der Waals surface area (Å²) in [7, 11) is -4.31. The molecule has 2 atom stereocenters. The number of ether oxygens (including phenoxy) is 2. The van der Waals surface area contributed by atoms with Crippen LogP contribution in [0.2, 0.25) is 0 Å². The van der Waals surface area contributed by atoms with E-state index in [0.717, 1.165) is 25.7 Å². The molecule has 9 nitrogen and oxygen atoms in total. The molecule has 0 spiro atoms. The van der Waals surface area contributed by atoms with Gasteiger partial charge in [0.25, 0.3) is 15.9 Å². The molecule has 1 aromatic carbocycles. The molecule has 2 fully saturated rings. The zero-order chi connectivity index (χ0) is 27.7. The third kappa shape index (κ3) is 6.30. The van der Waals surface area contributed by atoms with Crippen LogP contribution in [0.5, 0.6) is 11.6 Å². The van der Waals surface area contributed by atoms with Gasteiger partial charge in [0.2, 0.25) is 5.88 Å². The molecule has 3 aromatic rings. The highest BCUT2D eigenvalue weighted by molar-refractivity contribution is 7.90. The maximum atomic E-state index is 14.5. The van der Waals surface area contributed by atoms with Crippen molar-refractivity contribution < 1.29 is 27.1 Å². The van der Waals surface area contributed by atoms with Crippen molar-refractivity contribution in [2.75, 3.05) is 12.3 Å². The van der Waals surface area contributed by atoms with Crippen molar-refractivity contribution in [1.29, 1.82) is 0 Å². The normalized spacial score (nSPS) is 18.9. The first kappa shape index (κ1) is 26.9. The minimum Gasteiger partial charge on any atom is -0.493 e. The van der Waals surface area contributed by atoms with Crippen molar-refractivity contribution in [3.05, 3.63) is 59.9 Å². The number of nitrogens with two attached hydrogens (primary N) is 1. The molecule has 0 bridgehead atoms. The Morgan fingerprint density at radius 1 is 1.10 bits per heavy atom. The van der Waals surface area contributed by atoms with Gasteiger partial charge in [-0.1, -0.05) is 19.9 Å². The van der Waals surface area contributed by atoms with E-state index < -0.39 is 21.7 Å². The van der Waals surface area contributed by atoms with Crippen molar-refractivity contribution in [2.45, 2.75) is 50.7 Å². The molecule has 0 radical (unpaired) electrons. The van der Waals surface area contributed by atoms with Crippen LogP contribution in [0.25, 0.3) is 11.3 Å². The van der Waals surface area contributed by atoms with E-state index in [4.69, 9.17) is 15.2 Å². The maximum Gasteiger partial charge on any atom is 0.281 e. The molecule has 5 rings (SSSR count). The van der Waals surface area contributed by atoms with Gasteiger partial charge in [0.15, 0.2) is 5.03 Å². The predicted molar refractivity (Wildman–Crippen MR) is 143 cm³/mol. The van der Waals surface area contributed by atoms with Crippen LogP contribution >= 0.6 is 0 Å². The summed E-state index contributed by atoms with van der Waals surface area (Å²) >= 11 is 0. The van der Waals surface area contributed by atoms with Gasteiger partial charge in [-0.05, 0) is 79.8 Å². The summed E-state index contributed by atoms with van der Waals surface area (Å²) in [4.78, 5) is 21.6. The van der Waals surface area contributed by atoms with Crippen LogP contribution in [-0.4, -0.2) is 37.0 Å². The van der Waals surface area contributed by atoms with E-state index in [1.54, 1.807) is 6.07 Å². The highest BCUT2D eigenvalue weighted by Gasteiger charge is 2.44. The van der Waals surface area contributed by atoms with Gasteiger partial charge in [0.05, 0.1) is 12.3 Å². The Kier molecular flexibility index (Phi) is 7.44. The number of hydrogen-bond acceptors (Lipinski definition) is 8. The molecule has 11 heteroatoms. The highest BCUT2D eigenvalue weighted by atomic mass is 32.2. The monoisotopic (exact) mass is 554 g/mol. The Hall–Kier alpha value is -3.73. The molecule has 2 saturated carbocycles. The molecule has 0 saturated heterocycles. The van der Waals surface area contributed by atoms with Crippen molar-refractivity contribution in [1.82, 2.24) is 14.7 Å². The van der Waals surface area contributed by atoms with E-state index in [2.05, 4.69) is 9.97 Å². The number of sulfonamides is 1. The van der Waals surface area contributed by atoms with E-state index >= 15 is 0 Å². The fourth-order valence-corrected chi connectivity index (χ4v) is 5.52. The highest BCUT2D eigenvalue weighted by Crippen LogP contribution is 2.48. The van der Waals surface area contributed by atoms with E-state index in [0.29, 0.717) is 35.4 Å². The van der Waals surface area contributed by atoms with Crippen molar-refractivity contribution in [2.24, 2.45) is 17.8 Å². The van der Waals surface area contributed by atoms with Crippen molar-refractivity contribution in [3.63, 3.8) is 0 Å². The molecule has 2 aromatic heterocycles. The number of benzene rings is 1. The second kappa shape index (κ2) is 10.8. The first-order chi connectivity index (χ1) is 18.6. The summed E-state index contributed by atoms with van der Waals surface area (Å²) in [5, 5.41) is -0.385. The Balaban J connectivity index is 1.46. The summed E-state index contributed by atoms with van der Waals surface area (Å²) in [5.41, 5.74) is 6.36. The lowest BCUT2D eigenvalue weighted by atomic mass is 9.78. The van der Waals surface area contributed by atoms with Gasteiger partial charge < -0.3 is 15.2 Å². The van der Waals surface area contributed by atoms with Crippen LogP contribution in [0.1, 0.15) is 49.9 Å². The molecule has 39 heavy (non-hydrogen) atoms. The molecule has 1 amide bonds. The number of amides is 1. The number of nitrogens with one attached hydrogen (secondary N) is 1. The van der Waals surface area contributed by atoms with Crippen LogP contribution < -0.4 is 19.9 Å². The average molecular weight is 555 g/mol. The third-order valence-corrected chi connectivity index (χ3v) is 8.09. The third-order valence-electron chi connectivity index (χ3n) is 6.86. The topological polar surface area (TPSA) is 134 Å². The fraction of sp³-hybridized carbons (Fsp3) is 0.393. The lowest BCUT2D eigenvalue weighted by Crippen LogP contribution is -2.39. The van der Waals surface area contributed by atoms with E-state index in [-0.39, 0.29) is 34.3 Å². The number of rotatable bonds is 10. The van der Waals surface area contributed by atoms with Crippen molar-refractivity contribution >= 4 is 21.7 Å². The van der Waals surface area contributed by atoms with Crippen LogP contribution in [0.3, 0.4) is 0 Å². The Labute approximate surface area is 227 Å². The number of carbonyl (C=O) groups is 1. The zero-order valence-corrected chi connectivity index (χ0v) is 22.6. The largest absolute Gasteiger partial charge is 0.493 e. The molecular formula is C28H31FN4O5S.